The van der Waals surface area contributed by atoms with Gasteiger partial charge in [0.2, 0.25) is 12.5 Å². The van der Waals surface area contributed by atoms with Crippen LogP contribution in [-0.4, -0.2) is 60.4 Å². The molecule has 1 atom stereocenters. The molecule has 1 unspecified atom stereocenters. The fraction of sp³-hybridized carbons (Fsp3) is 0.826. The quantitative estimate of drug-likeness (QED) is 0.173. The van der Waals surface area contributed by atoms with Gasteiger partial charge in [0.1, 0.15) is 6.61 Å². The standard InChI is InChI=1S/C23H40N3O3P/c1-8-9-10-11-12-22(27)25-16-13-23(6,14-17-25)19-29-30(28-18-15-24-7)26(20(2)3)21(4)5/h1,20-21H,9-19H2,2-6H3/i6T. The van der Waals surface area contributed by atoms with E-state index in [1.807, 2.05) is 4.90 Å². The lowest BCUT2D eigenvalue weighted by Gasteiger charge is -2.41. The fourth-order valence-electron chi connectivity index (χ4n) is 3.54. The summed E-state index contributed by atoms with van der Waals surface area (Å²) in [7, 11) is -1.30. The van der Waals surface area contributed by atoms with E-state index in [1.165, 1.54) is 0 Å². The largest absolute Gasteiger partial charge is 0.343 e. The summed E-state index contributed by atoms with van der Waals surface area (Å²) in [6.07, 6.45) is 9.79. The van der Waals surface area contributed by atoms with E-state index >= 15 is 0 Å². The van der Waals surface area contributed by atoms with Crippen molar-refractivity contribution in [2.45, 2.75) is 85.2 Å². The summed E-state index contributed by atoms with van der Waals surface area (Å²) in [4.78, 5) is 17.8. The van der Waals surface area contributed by atoms with Crippen LogP contribution in [0.2, 0.25) is 0 Å². The monoisotopic (exact) mass is 439 g/mol. The van der Waals surface area contributed by atoms with Crippen LogP contribution in [0, 0.1) is 24.3 Å². The summed E-state index contributed by atoms with van der Waals surface area (Å²) in [6.45, 7) is 18.2. The number of rotatable bonds is 13. The summed E-state index contributed by atoms with van der Waals surface area (Å²) in [5, 5.41) is 0. The Morgan fingerprint density at radius 1 is 1.30 bits per heavy atom. The number of hydrogen-bond acceptors (Lipinski definition) is 4. The molecule has 1 aliphatic heterocycles. The molecule has 7 heteroatoms. The van der Waals surface area contributed by atoms with Crippen LogP contribution in [-0.2, 0) is 13.8 Å². The van der Waals surface area contributed by atoms with E-state index in [-0.39, 0.29) is 30.3 Å². The minimum absolute atomic E-state index is 0.187. The van der Waals surface area contributed by atoms with E-state index in [2.05, 4.69) is 43.1 Å². The summed E-state index contributed by atoms with van der Waals surface area (Å²) >= 11 is 0. The molecular formula is C23H40N3O3P. The number of unbranched alkanes of at least 4 members (excludes halogenated alkanes) is 2. The summed E-state index contributed by atoms with van der Waals surface area (Å²) in [5.74, 6) is 2.80. The maximum Gasteiger partial charge on any atom is 0.259 e. The van der Waals surface area contributed by atoms with Gasteiger partial charge in [0.25, 0.3) is 8.53 Å². The van der Waals surface area contributed by atoms with Gasteiger partial charge in [-0.05, 0) is 58.8 Å². The number of hydrogen-bond donors (Lipinski definition) is 0. The third kappa shape index (κ3) is 9.32. The lowest BCUT2D eigenvalue weighted by Crippen LogP contribution is -2.44. The zero-order valence-electron chi connectivity index (χ0n) is 20.2. The molecule has 0 spiro atoms. The zero-order valence-corrected chi connectivity index (χ0v) is 20.1. The Morgan fingerprint density at radius 3 is 2.50 bits per heavy atom. The summed E-state index contributed by atoms with van der Waals surface area (Å²) in [5.41, 5.74) is -0.260. The highest BCUT2D eigenvalue weighted by molar-refractivity contribution is 7.44. The molecule has 1 heterocycles. The minimum atomic E-state index is -1.30. The number of likely N-dealkylation sites (tertiary alicyclic amines) is 1. The van der Waals surface area contributed by atoms with Crippen molar-refractivity contribution in [2.75, 3.05) is 32.8 Å². The van der Waals surface area contributed by atoms with E-state index < -0.39 is 8.53 Å². The van der Waals surface area contributed by atoms with Crippen molar-refractivity contribution in [1.29, 1.82) is 0 Å². The molecule has 0 aromatic rings. The molecule has 1 saturated heterocycles. The van der Waals surface area contributed by atoms with Crippen LogP contribution >= 0.6 is 8.53 Å². The topological polar surface area (TPSA) is 46.4 Å². The van der Waals surface area contributed by atoms with Crippen LogP contribution in [0.3, 0.4) is 0 Å². The maximum atomic E-state index is 12.5. The Labute approximate surface area is 186 Å². The molecule has 1 rings (SSSR count). The number of carbonyl (C=O) groups excluding carboxylic acids is 1. The van der Waals surface area contributed by atoms with Crippen LogP contribution in [0.5, 0.6) is 0 Å². The third-order valence-corrected chi connectivity index (χ3v) is 7.33. The highest BCUT2D eigenvalue weighted by Gasteiger charge is 2.35. The molecule has 170 valence electrons. The normalized spacial score (nSPS) is 17.6. The van der Waals surface area contributed by atoms with Crippen molar-refractivity contribution in [3.8, 4) is 12.3 Å². The molecule has 0 saturated carbocycles. The van der Waals surface area contributed by atoms with Gasteiger partial charge in [-0.2, -0.15) is 0 Å². The van der Waals surface area contributed by atoms with Crippen LogP contribution < -0.4 is 0 Å². The molecule has 30 heavy (non-hydrogen) atoms. The molecular weight excluding hydrogens is 397 g/mol. The molecule has 0 N–H and O–H groups in total. The second-order valence-corrected chi connectivity index (χ2v) is 10.0. The van der Waals surface area contributed by atoms with Gasteiger partial charge in [-0.1, -0.05) is 6.90 Å². The lowest BCUT2D eigenvalue weighted by atomic mass is 9.81. The Kier molecular flexibility index (Phi) is 11.7. The van der Waals surface area contributed by atoms with E-state index in [4.69, 9.17) is 23.4 Å². The highest BCUT2D eigenvalue weighted by Crippen LogP contribution is 2.48. The zero-order chi connectivity index (χ0) is 23.3. The third-order valence-electron chi connectivity index (χ3n) is 5.27. The van der Waals surface area contributed by atoms with Crippen molar-refractivity contribution < 1.29 is 15.2 Å². The van der Waals surface area contributed by atoms with Crippen LogP contribution in [0.1, 0.15) is 74.5 Å². The molecule has 1 fully saturated rings. The predicted octanol–water partition coefficient (Wildman–Crippen LogP) is 5.11. The number of piperidine rings is 1. The van der Waals surface area contributed by atoms with Crippen LogP contribution in [0.15, 0.2) is 0 Å². The molecule has 0 aliphatic carbocycles. The second-order valence-electron chi connectivity index (χ2n) is 8.59. The lowest BCUT2D eigenvalue weighted by molar-refractivity contribution is -0.133. The van der Waals surface area contributed by atoms with E-state index in [0.29, 0.717) is 39.3 Å². The Balaban J connectivity index is 2.67. The second kappa shape index (κ2) is 14.0. The van der Waals surface area contributed by atoms with Gasteiger partial charge >= 0.3 is 0 Å². The fourth-order valence-corrected chi connectivity index (χ4v) is 5.25. The van der Waals surface area contributed by atoms with Gasteiger partial charge in [-0.15, -0.1) is 12.3 Å². The van der Waals surface area contributed by atoms with Crippen molar-refractivity contribution in [3.63, 3.8) is 0 Å². The SMILES string of the molecule is [3H]CC1(COP(OCC[N+]#[C-])N(C(C)C)C(C)C)CCN(C(=O)CCCCC#C)CC1. The summed E-state index contributed by atoms with van der Waals surface area (Å²) in [6, 6.07) is 0.500. The van der Waals surface area contributed by atoms with Crippen molar-refractivity contribution in [3.05, 3.63) is 11.4 Å². The molecule has 0 radical (unpaired) electrons. The van der Waals surface area contributed by atoms with E-state index in [1.54, 1.807) is 0 Å². The first-order chi connectivity index (χ1) is 14.8. The van der Waals surface area contributed by atoms with Crippen molar-refractivity contribution >= 4 is 14.4 Å². The molecule has 6 nitrogen and oxygen atoms in total. The molecule has 1 aliphatic rings. The Bertz CT molecular complexity index is 602. The minimum Gasteiger partial charge on any atom is -0.343 e. The number of terminal acetylenes is 1. The maximum absolute atomic E-state index is 12.5. The first kappa shape index (κ1) is 25.1. The van der Waals surface area contributed by atoms with Gasteiger partial charge in [-0.25, -0.2) is 11.2 Å². The van der Waals surface area contributed by atoms with Gasteiger partial charge in [0, 0.05) is 39.4 Å². The Hall–Kier alpha value is -1.17. The number of amides is 1. The van der Waals surface area contributed by atoms with Gasteiger partial charge < -0.3 is 18.8 Å². The van der Waals surface area contributed by atoms with E-state index in [9.17, 15) is 4.79 Å². The Morgan fingerprint density at radius 2 is 1.97 bits per heavy atom. The van der Waals surface area contributed by atoms with Gasteiger partial charge in [0.05, 0.1) is 6.61 Å². The first-order valence-electron chi connectivity index (χ1n) is 11.7. The molecule has 0 aromatic carbocycles. The van der Waals surface area contributed by atoms with E-state index in [0.717, 1.165) is 32.1 Å². The predicted molar refractivity (Wildman–Crippen MR) is 124 cm³/mol. The van der Waals surface area contributed by atoms with Crippen LogP contribution in [0.4, 0.5) is 0 Å². The van der Waals surface area contributed by atoms with Crippen molar-refractivity contribution in [1.82, 2.24) is 9.57 Å². The average molecular weight is 440 g/mol. The van der Waals surface area contributed by atoms with Gasteiger partial charge in [0.15, 0.2) is 0 Å². The average Bonchev–Trinajstić information content (AvgIpc) is 2.74. The highest BCUT2D eigenvalue weighted by atomic mass is 31.2. The smallest absolute Gasteiger partial charge is 0.259 e. The number of nitrogens with zero attached hydrogens (tertiary/aromatic N) is 3. The van der Waals surface area contributed by atoms with Crippen molar-refractivity contribution in [2.24, 2.45) is 5.41 Å². The molecule has 1 amide bonds. The summed E-state index contributed by atoms with van der Waals surface area (Å²) < 4.78 is 22.7. The van der Waals surface area contributed by atoms with Crippen LogP contribution in [0.25, 0.3) is 4.85 Å². The number of carbonyl (C=O) groups is 1. The first-order valence-corrected chi connectivity index (χ1v) is 12.1. The van der Waals surface area contributed by atoms with Gasteiger partial charge in [-0.3, -0.25) is 4.79 Å². The molecule has 0 aromatic heterocycles. The molecule has 0 bridgehead atoms.